The summed E-state index contributed by atoms with van der Waals surface area (Å²) in [6.07, 6.45) is -0.205. The van der Waals surface area contributed by atoms with Crippen LogP contribution in [0.3, 0.4) is 0 Å². The second-order valence-corrected chi connectivity index (χ2v) is 6.73. The van der Waals surface area contributed by atoms with Crippen molar-refractivity contribution in [3.8, 4) is 0 Å². The highest BCUT2D eigenvalue weighted by Gasteiger charge is 2.20. The standard InChI is InChI=1S/C16H16N2O4S/c1-22-16(19)11-12-23(20,21)15-10-6-5-9-14(15)18-17-13-7-3-2-4-8-13/h2-10H,11-12H2,1H3. The van der Waals surface area contributed by atoms with Crippen LogP contribution < -0.4 is 0 Å². The van der Waals surface area contributed by atoms with Crippen LogP contribution in [-0.4, -0.2) is 27.2 Å². The average Bonchev–Trinajstić information content (AvgIpc) is 2.59. The monoisotopic (exact) mass is 332 g/mol. The van der Waals surface area contributed by atoms with E-state index in [4.69, 9.17) is 0 Å². The zero-order valence-electron chi connectivity index (χ0n) is 12.5. The molecule has 7 heteroatoms. The minimum Gasteiger partial charge on any atom is -0.469 e. The lowest BCUT2D eigenvalue weighted by molar-refractivity contribution is -0.140. The van der Waals surface area contributed by atoms with E-state index in [0.29, 0.717) is 5.69 Å². The van der Waals surface area contributed by atoms with Crippen LogP contribution in [0.2, 0.25) is 0 Å². The highest BCUT2D eigenvalue weighted by Crippen LogP contribution is 2.27. The number of rotatable bonds is 6. The molecule has 2 rings (SSSR count). The van der Waals surface area contributed by atoms with Gasteiger partial charge in [0.1, 0.15) is 5.69 Å². The van der Waals surface area contributed by atoms with Gasteiger partial charge in [-0.3, -0.25) is 4.79 Å². The maximum atomic E-state index is 12.4. The first-order chi connectivity index (χ1) is 11.0. The van der Waals surface area contributed by atoms with E-state index >= 15 is 0 Å². The molecule has 0 saturated heterocycles. The number of nitrogens with zero attached hydrogens (tertiary/aromatic N) is 2. The van der Waals surface area contributed by atoms with E-state index in [9.17, 15) is 13.2 Å². The summed E-state index contributed by atoms with van der Waals surface area (Å²) in [5.74, 6) is -0.908. The van der Waals surface area contributed by atoms with Gasteiger partial charge in [0.2, 0.25) is 0 Å². The summed E-state index contributed by atoms with van der Waals surface area (Å²) in [5, 5.41) is 8.05. The van der Waals surface area contributed by atoms with Crippen LogP contribution in [0.4, 0.5) is 11.4 Å². The van der Waals surface area contributed by atoms with Crippen molar-refractivity contribution < 1.29 is 17.9 Å². The summed E-state index contributed by atoms with van der Waals surface area (Å²) in [6.45, 7) is 0. The predicted molar refractivity (Wildman–Crippen MR) is 85.7 cm³/mol. The van der Waals surface area contributed by atoms with Gasteiger partial charge in [-0.2, -0.15) is 5.11 Å². The van der Waals surface area contributed by atoms with E-state index in [-0.39, 0.29) is 22.8 Å². The number of ether oxygens (including phenoxy) is 1. The highest BCUT2D eigenvalue weighted by atomic mass is 32.2. The van der Waals surface area contributed by atoms with E-state index in [0.717, 1.165) is 0 Å². The lowest BCUT2D eigenvalue weighted by Crippen LogP contribution is -2.12. The van der Waals surface area contributed by atoms with Gasteiger partial charge in [0.15, 0.2) is 9.84 Å². The van der Waals surface area contributed by atoms with Gasteiger partial charge in [0.25, 0.3) is 0 Å². The largest absolute Gasteiger partial charge is 0.469 e. The predicted octanol–water partition coefficient (Wildman–Crippen LogP) is 3.44. The second kappa shape index (κ2) is 7.64. The van der Waals surface area contributed by atoms with Crippen LogP contribution in [0, 0.1) is 0 Å². The molecule has 0 fully saturated rings. The lowest BCUT2D eigenvalue weighted by Gasteiger charge is -2.06. The number of methoxy groups -OCH3 is 1. The van der Waals surface area contributed by atoms with Crippen molar-refractivity contribution in [3.05, 3.63) is 54.6 Å². The normalized spacial score (nSPS) is 11.5. The highest BCUT2D eigenvalue weighted by molar-refractivity contribution is 7.91. The van der Waals surface area contributed by atoms with Crippen molar-refractivity contribution in [2.75, 3.05) is 12.9 Å². The van der Waals surface area contributed by atoms with Gasteiger partial charge >= 0.3 is 5.97 Å². The first-order valence-electron chi connectivity index (χ1n) is 6.88. The van der Waals surface area contributed by atoms with Gasteiger partial charge in [-0.05, 0) is 24.3 Å². The summed E-state index contributed by atoms with van der Waals surface area (Å²) in [5.41, 5.74) is 0.857. The van der Waals surface area contributed by atoms with E-state index < -0.39 is 15.8 Å². The topological polar surface area (TPSA) is 85.2 Å². The maximum Gasteiger partial charge on any atom is 0.306 e. The van der Waals surface area contributed by atoms with Crippen molar-refractivity contribution in [3.63, 3.8) is 0 Å². The Morgan fingerprint density at radius 3 is 2.35 bits per heavy atom. The molecule has 23 heavy (non-hydrogen) atoms. The SMILES string of the molecule is COC(=O)CCS(=O)(=O)c1ccccc1N=Nc1ccccc1. The molecular formula is C16H16N2O4S. The van der Waals surface area contributed by atoms with Gasteiger partial charge in [0.05, 0.1) is 29.9 Å². The molecule has 0 saturated carbocycles. The second-order valence-electron chi connectivity index (χ2n) is 4.65. The first kappa shape index (κ1) is 16.8. The number of carbonyl (C=O) groups is 1. The molecular weight excluding hydrogens is 316 g/mol. The number of azo groups is 1. The lowest BCUT2D eigenvalue weighted by atomic mass is 10.3. The summed E-state index contributed by atoms with van der Waals surface area (Å²) in [4.78, 5) is 11.2. The Labute approximate surface area is 134 Å². The molecule has 2 aromatic rings. The fourth-order valence-corrected chi connectivity index (χ4v) is 3.21. The van der Waals surface area contributed by atoms with Crippen LogP contribution in [0.1, 0.15) is 6.42 Å². The molecule has 6 nitrogen and oxygen atoms in total. The van der Waals surface area contributed by atoms with Crippen LogP contribution in [0.15, 0.2) is 69.7 Å². The fraction of sp³-hybridized carbons (Fsp3) is 0.188. The minimum atomic E-state index is -3.66. The van der Waals surface area contributed by atoms with Crippen molar-refractivity contribution in [2.24, 2.45) is 10.2 Å². The smallest absolute Gasteiger partial charge is 0.306 e. The molecule has 0 atom stereocenters. The van der Waals surface area contributed by atoms with Gasteiger partial charge in [-0.25, -0.2) is 8.42 Å². The Balaban J connectivity index is 2.26. The molecule has 0 bridgehead atoms. The molecule has 0 N–H and O–H groups in total. The third kappa shape index (κ3) is 4.72. The Bertz CT molecular complexity index is 802. The van der Waals surface area contributed by atoms with Gasteiger partial charge in [0, 0.05) is 0 Å². The van der Waals surface area contributed by atoms with Gasteiger partial charge in [-0.1, -0.05) is 30.3 Å². The minimum absolute atomic E-state index is 0.0450. The quantitative estimate of drug-likeness (QED) is 0.599. The summed E-state index contributed by atoms with van der Waals surface area (Å²) in [6, 6.07) is 15.3. The average molecular weight is 332 g/mol. The molecule has 0 radical (unpaired) electrons. The fourth-order valence-electron chi connectivity index (χ4n) is 1.84. The zero-order chi connectivity index (χ0) is 16.7. The molecule has 0 aromatic heterocycles. The number of sulfone groups is 1. The van der Waals surface area contributed by atoms with Crippen molar-refractivity contribution in [1.82, 2.24) is 0 Å². The summed E-state index contributed by atoms with van der Waals surface area (Å²) < 4.78 is 29.2. The Morgan fingerprint density at radius 2 is 1.65 bits per heavy atom. The molecule has 0 unspecified atom stereocenters. The van der Waals surface area contributed by atoms with Crippen LogP contribution in [0.25, 0.3) is 0 Å². The summed E-state index contributed by atoms with van der Waals surface area (Å²) in [7, 11) is -2.44. The van der Waals surface area contributed by atoms with Crippen LogP contribution in [-0.2, 0) is 19.4 Å². The molecule has 0 spiro atoms. The number of hydrogen-bond donors (Lipinski definition) is 0. The molecule has 0 aliphatic carbocycles. The Hall–Kier alpha value is -2.54. The van der Waals surface area contributed by atoms with E-state index in [1.54, 1.807) is 30.3 Å². The molecule has 0 aliphatic rings. The van der Waals surface area contributed by atoms with Crippen LogP contribution >= 0.6 is 0 Å². The number of benzene rings is 2. The molecule has 0 amide bonds. The van der Waals surface area contributed by atoms with Crippen LogP contribution in [0.5, 0.6) is 0 Å². The number of esters is 1. The van der Waals surface area contributed by atoms with E-state index in [1.807, 2.05) is 18.2 Å². The first-order valence-corrected chi connectivity index (χ1v) is 8.53. The number of hydrogen-bond acceptors (Lipinski definition) is 6. The Kier molecular flexibility index (Phi) is 5.59. The van der Waals surface area contributed by atoms with Crippen molar-refractivity contribution in [2.45, 2.75) is 11.3 Å². The van der Waals surface area contributed by atoms with Gasteiger partial charge < -0.3 is 4.74 Å². The van der Waals surface area contributed by atoms with Crippen molar-refractivity contribution in [1.29, 1.82) is 0 Å². The van der Waals surface area contributed by atoms with E-state index in [2.05, 4.69) is 15.0 Å². The zero-order valence-corrected chi connectivity index (χ0v) is 13.4. The van der Waals surface area contributed by atoms with Gasteiger partial charge in [-0.15, -0.1) is 5.11 Å². The number of carbonyl (C=O) groups excluding carboxylic acids is 1. The molecule has 0 heterocycles. The third-order valence-electron chi connectivity index (χ3n) is 3.03. The summed E-state index contributed by atoms with van der Waals surface area (Å²) >= 11 is 0. The van der Waals surface area contributed by atoms with E-state index in [1.165, 1.54) is 13.2 Å². The Morgan fingerprint density at radius 1 is 1.00 bits per heavy atom. The third-order valence-corrected chi connectivity index (χ3v) is 4.79. The molecule has 0 aliphatic heterocycles. The van der Waals surface area contributed by atoms with Crippen molar-refractivity contribution >= 4 is 27.2 Å². The maximum absolute atomic E-state index is 12.4. The molecule has 2 aromatic carbocycles. The molecule has 120 valence electrons.